The molecule has 1 aliphatic rings. The Morgan fingerprint density at radius 1 is 1.09 bits per heavy atom. The highest BCUT2D eigenvalue weighted by Gasteiger charge is 2.25. The van der Waals surface area contributed by atoms with Crippen LogP contribution in [0.1, 0.15) is 58.9 Å². The van der Waals surface area contributed by atoms with Crippen molar-refractivity contribution in [3.05, 3.63) is 89.4 Å². The topological polar surface area (TPSA) is 75.1 Å². The van der Waals surface area contributed by atoms with E-state index in [0.717, 1.165) is 38.9 Å². The Balaban J connectivity index is 1.56. The molecule has 0 bridgehead atoms. The van der Waals surface area contributed by atoms with Gasteiger partial charge in [-0.1, -0.05) is 23.8 Å². The fourth-order valence-electron chi connectivity index (χ4n) is 4.27. The highest BCUT2D eigenvalue weighted by molar-refractivity contribution is 5.94. The number of aryl methyl sites for hydroxylation is 1. The summed E-state index contributed by atoms with van der Waals surface area (Å²) in [4.78, 5) is 20.9. The number of carbonyl (C=O) groups is 1. The maximum absolute atomic E-state index is 11.6. The van der Waals surface area contributed by atoms with Crippen molar-refractivity contribution in [3.63, 3.8) is 0 Å². The lowest BCUT2D eigenvalue weighted by Gasteiger charge is -2.20. The molecule has 2 heterocycles. The molecule has 2 aromatic heterocycles. The molecule has 5 heteroatoms. The molecule has 1 atom stereocenters. The van der Waals surface area contributed by atoms with E-state index in [4.69, 9.17) is 4.98 Å². The molecule has 0 spiro atoms. The number of nitrogens with zero attached hydrogens (tertiary/aromatic N) is 2. The maximum Gasteiger partial charge on any atom is 0.337 e. The molecule has 0 aliphatic heterocycles. The first kappa shape index (κ1) is 20.2. The Morgan fingerprint density at radius 3 is 2.69 bits per heavy atom. The largest absolute Gasteiger partial charge is 0.478 e. The summed E-state index contributed by atoms with van der Waals surface area (Å²) in [6.45, 7) is 4.13. The molecule has 5 nitrogen and oxygen atoms in total. The number of fused-ring (bicyclic) bond motifs is 1. The molecule has 32 heavy (non-hydrogen) atoms. The Hall–Kier alpha value is -3.73. The third kappa shape index (κ3) is 3.94. The smallest absolute Gasteiger partial charge is 0.337 e. The van der Waals surface area contributed by atoms with Gasteiger partial charge in [0.15, 0.2) is 0 Å². The monoisotopic (exact) mass is 423 g/mol. The molecule has 1 saturated carbocycles. The van der Waals surface area contributed by atoms with Gasteiger partial charge in [-0.05, 0) is 74.0 Å². The van der Waals surface area contributed by atoms with E-state index >= 15 is 0 Å². The second-order valence-corrected chi connectivity index (χ2v) is 8.61. The fourth-order valence-corrected chi connectivity index (χ4v) is 4.27. The zero-order chi connectivity index (χ0) is 22.2. The highest BCUT2D eigenvalue weighted by atomic mass is 16.4. The van der Waals surface area contributed by atoms with Gasteiger partial charge in [0.1, 0.15) is 0 Å². The minimum absolute atomic E-state index is 0.0902. The van der Waals surface area contributed by atoms with Crippen LogP contribution in [0.5, 0.6) is 0 Å². The number of pyridine rings is 2. The van der Waals surface area contributed by atoms with E-state index in [9.17, 15) is 9.90 Å². The molecule has 160 valence electrons. The Kier molecular flexibility index (Phi) is 5.10. The zero-order valence-electron chi connectivity index (χ0n) is 18.2. The maximum atomic E-state index is 11.6. The van der Waals surface area contributed by atoms with E-state index in [-0.39, 0.29) is 11.6 Å². The number of hydrogen-bond donors (Lipinski definition) is 2. The van der Waals surface area contributed by atoms with Gasteiger partial charge in [-0.3, -0.25) is 9.97 Å². The first-order valence-corrected chi connectivity index (χ1v) is 10.9. The number of benzene rings is 2. The van der Waals surface area contributed by atoms with Gasteiger partial charge >= 0.3 is 5.97 Å². The van der Waals surface area contributed by atoms with Gasteiger partial charge in [-0.15, -0.1) is 0 Å². The Bertz CT molecular complexity index is 1330. The summed E-state index contributed by atoms with van der Waals surface area (Å²) in [5.41, 5.74) is 6.27. The average molecular weight is 424 g/mol. The number of carboxylic acids is 1. The van der Waals surface area contributed by atoms with Gasteiger partial charge in [0, 0.05) is 46.7 Å². The van der Waals surface area contributed by atoms with E-state index in [0.29, 0.717) is 11.6 Å². The molecule has 0 saturated heterocycles. The lowest BCUT2D eigenvalue weighted by Crippen LogP contribution is -2.11. The third-order valence-corrected chi connectivity index (χ3v) is 6.08. The van der Waals surface area contributed by atoms with Crippen LogP contribution in [-0.4, -0.2) is 21.0 Å². The fraction of sp³-hybridized carbons (Fsp3) is 0.222. The number of aromatic carboxylic acids is 1. The van der Waals surface area contributed by atoms with Crippen LogP contribution in [-0.2, 0) is 0 Å². The molecular formula is C27H25N3O2. The van der Waals surface area contributed by atoms with E-state index in [1.807, 2.05) is 24.5 Å². The van der Waals surface area contributed by atoms with E-state index < -0.39 is 5.97 Å². The van der Waals surface area contributed by atoms with Crippen molar-refractivity contribution >= 4 is 22.4 Å². The van der Waals surface area contributed by atoms with Crippen molar-refractivity contribution in [1.29, 1.82) is 0 Å². The molecular weight excluding hydrogens is 398 g/mol. The first-order chi connectivity index (χ1) is 15.5. The van der Waals surface area contributed by atoms with Crippen LogP contribution in [0.15, 0.2) is 67.0 Å². The van der Waals surface area contributed by atoms with Crippen molar-refractivity contribution < 1.29 is 9.90 Å². The molecule has 0 radical (unpaired) electrons. The van der Waals surface area contributed by atoms with Gasteiger partial charge < -0.3 is 10.4 Å². The number of hydrogen-bond acceptors (Lipinski definition) is 4. The zero-order valence-corrected chi connectivity index (χ0v) is 18.2. The van der Waals surface area contributed by atoms with E-state index in [2.05, 4.69) is 48.4 Å². The van der Waals surface area contributed by atoms with Crippen molar-refractivity contribution in [2.45, 2.75) is 38.6 Å². The van der Waals surface area contributed by atoms with Gasteiger partial charge in [0.2, 0.25) is 0 Å². The van der Waals surface area contributed by atoms with Crippen LogP contribution < -0.4 is 5.32 Å². The summed E-state index contributed by atoms with van der Waals surface area (Å²) in [5, 5.41) is 15.1. The van der Waals surface area contributed by atoms with Gasteiger partial charge in [0.05, 0.1) is 11.3 Å². The summed E-state index contributed by atoms with van der Waals surface area (Å²) in [7, 11) is 0. The number of aromatic nitrogens is 2. The number of rotatable bonds is 6. The van der Waals surface area contributed by atoms with Crippen molar-refractivity contribution in [3.8, 4) is 11.3 Å². The number of carboxylic acid groups (broad SMARTS) is 1. The van der Waals surface area contributed by atoms with Crippen LogP contribution in [0.4, 0.5) is 5.69 Å². The predicted molar refractivity (Wildman–Crippen MR) is 127 cm³/mol. The lowest BCUT2D eigenvalue weighted by atomic mass is 9.96. The minimum Gasteiger partial charge on any atom is -0.478 e. The normalized spacial score (nSPS) is 14.3. The van der Waals surface area contributed by atoms with Crippen LogP contribution in [0.2, 0.25) is 0 Å². The number of para-hydroxylation sites is 1. The SMILES string of the molecule is Cc1cc([C@@H](C)Nc2ccccc2C(=O)O)c2cc(-c3ccnc(C4CC4)c3)ncc2c1. The Morgan fingerprint density at radius 2 is 1.91 bits per heavy atom. The van der Waals surface area contributed by atoms with Gasteiger partial charge in [-0.25, -0.2) is 4.79 Å². The van der Waals surface area contributed by atoms with Crippen LogP contribution in [0.25, 0.3) is 22.0 Å². The van der Waals surface area contributed by atoms with Gasteiger partial charge in [-0.2, -0.15) is 0 Å². The van der Waals surface area contributed by atoms with Crippen molar-refractivity contribution in [2.24, 2.45) is 0 Å². The van der Waals surface area contributed by atoms with Crippen LogP contribution >= 0.6 is 0 Å². The lowest BCUT2D eigenvalue weighted by molar-refractivity contribution is 0.0698. The molecule has 2 N–H and O–H groups in total. The summed E-state index contributed by atoms with van der Waals surface area (Å²) < 4.78 is 0. The van der Waals surface area contributed by atoms with Crippen LogP contribution in [0, 0.1) is 6.92 Å². The predicted octanol–water partition coefficient (Wildman–Crippen LogP) is 6.35. The summed E-state index contributed by atoms with van der Waals surface area (Å²) in [5.74, 6) is -0.350. The Labute approximate surface area is 187 Å². The second kappa shape index (κ2) is 8.08. The standard InChI is InChI=1S/C27H25N3O2/c1-16-11-20-15-29-26(19-9-10-28-25(13-19)18-7-8-18)14-23(20)22(12-16)17(2)30-24-6-4-3-5-21(24)27(31)32/h3-6,9-15,17-18,30H,7-8H2,1-2H3,(H,31,32)/t17-/m1/s1. The average Bonchev–Trinajstić information content (AvgIpc) is 3.64. The second-order valence-electron chi connectivity index (χ2n) is 8.61. The third-order valence-electron chi connectivity index (χ3n) is 6.08. The van der Waals surface area contributed by atoms with Crippen molar-refractivity contribution in [2.75, 3.05) is 5.32 Å². The number of nitrogens with one attached hydrogen (secondary N) is 1. The molecule has 0 amide bonds. The minimum atomic E-state index is -0.940. The van der Waals surface area contributed by atoms with Crippen molar-refractivity contribution in [1.82, 2.24) is 9.97 Å². The number of anilines is 1. The highest BCUT2D eigenvalue weighted by Crippen LogP contribution is 2.40. The summed E-state index contributed by atoms with van der Waals surface area (Å²) >= 11 is 0. The summed E-state index contributed by atoms with van der Waals surface area (Å²) in [6.07, 6.45) is 6.23. The first-order valence-electron chi connectivity index (χ1n) is 10.9. The van der Waals surface area contributed by atoms with E-state index in [1.165, 1.54) is 12.8 Å². The summed E-state index contributed by atoms with van der Waals surface area (Å²) in [6, 6.07) is 17.5. The van der Waals surface area contributed by atoms with E-state index in [1.54, 1.807) is 18.2 Å². The molecule has 1 fully saturated rings. The van der Waals surface area contributed by atoms with Gasteiger partial charge in [0.25, 0.3) is 0 Å². The molecule has 0 unspecified atom stereocenters. The molecule has 2 aromatic carbocycles. The quantitative estimate of drug-likeness (QED) is 0.378. The molecule has 4 aromatic rings. The van der Waals surface area contributed by atoms with Crippen LogP contribution in [0.3, 0.4) is 0 Å². The molecule has 1 aliphatic carbocycles. The molecule has 5 rings (SSSR count).